The highest BCUT2D eigenvalue weighted by Crippen LogP contribution is 2.22. The number of ether oxygens (including phenoxy) is 1. The van der Waals surface area contributed by atoms with Gasteiger partial charge in [0.2, 0.25) is 0 Å². The van der Waals surface area contributed by atoms with E-state index in [0.29, 0.717) is 5.92 Å². The van der Waals surface area contributed by atoms with Crippen LogP contribution in [0, 0.1) is 0 Å². The lowest BCUT2D eigenvalue weighted by molar-refractivity contribution is 0.414. The number of methoxy groups -OCH3 is 1. The Bertz CT molecular complexity index is 546. The van der Waals surface area contributed by atoms with Crippen molar-refractivity contribution in [2.24, 2.45) is 5.73 Å². The molecular weight excluding hydrogens is 246 g/mol. The molecule has 0 aliphatic heterocycles. The molecule has 0 fully saturated rings. The number of benzene rings is 2. The van der Waals surface area contributed by atoms with Crippen molar-refractivity contribution in [2.45, 2.75) is 32.2 Å². The van der Waals surface area contributed by atoms with Crippen molar-refractivity contribution >= 4 is 0 Å². The predicted molar refractivity (Wildman–Crippen MR) is 84.2 cm³/mol. The van der Waals surface area contributed by atoms with E-state index in [-0.39, 0.29) is 6.04 Å². The van der Waals surface area contributed by atoms with Crippen LogP contribution >= 0.6 is 0 Å². The van der Waals surface area contributed by atoms with Gasteiger partial charge in [-0.25, -0.2) is 0 Å². The van der Waals surface area contributed by atoms with Crippen LogP contribution in [0.3, 0.4) is 0 Å². The zero-order valence-electron chi connectivity index (χ0n) is 12.5. The van der Waals surface area contributed by atoms with Gasteiger partial charge in [0, 0.05) is 6.04 Å². The normalized spacial score (nSPS) is 12.4. The second kappa shape index (κ2) is 6.58. The SMILES string of the molecule is COc1cccc(C(N)Cc2ccc(C(C)C)cc2)c1. The van der Waals surface area contributed by atoms with Crippen LogP contribution in [-0.2, 0) is 6.42 Å². The molecule has 106 valence electrons. The van der Waals surface area contributed by atoms with Crippen LogP contribution < -0.4 is 10.5 Å². The molecule has 0 amide bonds. The van der Waals surface area contributed by atoms with E-state index in [1.54, 1.807) is 7.11 Å². The third kappa shape index (κ3) is 3.61. The van der Waals surface area contributed by atoms with Gasteiger partial charge in [-0.15, -0.1) is 0 Å². The van der Waals surface area contributed by atoms with Gasteiger partial charge in [0.05, 0.1) is 7.11 Å². The van der Waals surface area contributed by atoms with Gasteiger partial charge in [0.25, 0.3) is 0 Å². The topological polar surface area (TPSA) is 35.2 Å². The van der Waals surface area contributed by atoms with Crippen molar-refractivity contribution in [3.8, 4) is 5.75 Å². The Hall–Kier alpha value is -1.80. The molecule has 0 aliphatic carbocycles. The number of nitrogens with two attached hydrogens (primary N) is 1. The molecule has 2 N–H and O–H groups in total. The molecule has 0 heterocycles. The summed E-state index contributed by atoms with van der Waals surface area (Å²) in [4.78, 5) is 0. The van der Waals surface area contributed by atoms with Crippen LogP contribution in [0.15, 0.2) is 48.5 Å². The summed E-state index contributed by atoms with van der Waals surface area (Å²) in [7, 11) is 1.68. The summed E-state index contributed by atoms with van der Waals surface area (Å²) >= 11 is 0. The number of rotatable bonds is 5. The lowest BCUT2D eigenvalue weighted by Gasteiger charge is -2.14. The monoisotopic (exact) mass is 269 g/mol. The minimum absolute atomic E-state index is 0.00463. The highest BCUT2D eigenvalue weighted by molar-refractivity contribution is 5.32. The van der Waals surface area contributed by atoms with Crippen molar-refractivity contribution in [2.75, 3.05) is 7.11 Å². The second-order valence-electron chi connectivity index (χ2n) is 5.48. The molecule has 2 aromatic rings. The van der Waals surface area contributed by atoms with Crippen molar-refractivity contribution in [1.82, 2.24) is 0 Å². The van der Waals surface area contributed by atoms with E-state index in [1.807, 2.05) is 18.2 Å². The molecule has 2 aromatic carbocycles. The maximum absolute atomic E-state index is 6.29. The average Bonchev–Trinajstić information content (AvgIpc) is 2.47. The maximum Gasteiger partial charge on any atom is 0.119 e. The lowest BCUT2D eigenvalue weighted by atomic mass is 9.96. The van der Waals surface area contributed by atoms with E-state index in [4.69, 9.17) is 10.5 Å². The fourth-order valence-electron chi connectivity index (χ4n) is 2.28. The molecule has 0 spiro atoms. The Balaban J connectivity index is 2.08. The third-order valence-electron chi connectivity index (χ3n) is 3.62. The van der Waals surface area contributed by atoms with Gasteiger partial charge in [-0.3, -0.25) is 0 Å². The minimum Gasteiger partial charge on any atom is -0.497 e. The summed E-state index contributed by atoms with van der Waals surface area (Å²) in [6.07, 6.45) is 0.839. The standard InChI is InChI=1S/C18H23NO/c1-13(2)15-9-7-14(8-10-15)11-18(19)16-5-4-6-17(12-16)20-3/h4-10,12-13,18H,11,19H2,1-3H3. The summed E-state index contributed by atoms with van der Waals surface area (Å²) < 4.78 is 5.24. The lowest BCUT2D eigenvalue weighted by Crippen LogP contribution is -2.13. The Kier molecular flexibility index (Phi) is 4.80. The highest BCUT2D eigenvalue weighted by Gasteiger charge is 2.08. The van der Waals surface area contributed by atoms with Gasteiger partial charge in [-0.2, -0.15) is 0 Å². The van der Waals surface area contributed by atoms with Crippen molar-refractivity contribution in [1.29, 1.82) is 0 Å². The van der Waals surface area contributed by atoms with Crippen LogP contribution in [0.2, 0.25) is 0 Å². The predicted octanol–water partition coefficient (Wildman–Crippen LogP) is 4.06. The van der Waals surface area contributed by atoms with E-state index >= 15 is 0 Å². The highest BCUT2D eigenvalue weighted by atomic mass is 16.5. The van der Waals surface area contributed by atoms with Gasteiger partial charge in [-0.05, 0) is 41.2 Å². The molecule has 0 aromatic heterocycles. The fourth-order valence-corrected chi connectivity index (χ4v) is 2.28. The molecular formula is C18H23NO. The van der Waals surface area contributed by atoms with Gasteiger partial charge in [-0.1, -0.05) is 50.2 Å². The number of hydrogen-bond donors (Lipinski definition) is 1. The van der Waals surface area contributed by atoms with Crippen LogP contribution in [0.1, 0.15) is 42.5 Å². The minimum atomic E-state index is -0.00463. The van der Waals surface area contributed by atoms with Gasteiger partial charge >= 0.3 is 0 Å². The van der Waals surface area contributed by atoms with E-state index in [9.17, 15) is 0 Å². The molecule has 2 nitrogen and oxygen atoms in total. The Labute approximate surface area is 121 Å². The van der Waals surface area contributed by atoms with Crippen molar-refractivity contribution in [3.05, 3.63) is 65.2 Å². The molecule has 1 atom stereocenters. The summed E-state index contributed by atoms with van der Waals surface area (Å²) in [5.41, 5.74) is 10.0. The van der Waals surface area contributed by atoms with Crippen molar-refractivity contribution < 1.29 is 4.74 Å². The summed E-state index contributed by atoms with van der Waals surface area (Å²) in [6, 6.07) is 16.7. The molecule has 1 unspecified atom stereocenters. The van der Waals surface area contributed by atoms with E-state index in [0.717, 1.165) is 17.7 Å². The Morgan fingerprint density at radius 3 is 2.30 bits per heavy atom. The molecule has 0 saturated carbocycles. The van der Waals surface area contributed by atoms with E-state index < -0.39 is 0 Å². The molecule has 2 rings (SSSR count). The smallest absolute Gasteiger partial charge is 0.119 e. The Morgan fingerprint density at radius 2 is 1.70 bits per heavy atom. The second-order valence-corrected chi connectivity index (χ2v) is 5.48. The zero-order valence-corrected chi connectivity index (χ0v) is 12.5. The van der Waals surface area contributed by atoms with Gasteiger partial charge < -0.3 is 10.5 Å². The average molecular weight is 269 g/mol. The zero-order chi connectivity index (χ0) is 14.5. The molecule has 0 aliphatic rings. The number of hydrogen-bond acceptors (Lipinski definition) is 2. The van der Waals surface area contributed by atoms with Crippen molar-refractivity contribution in [3.63, 3.8) is 0 Å². The first-order valence-electron chi connectivity index (χ1n) is 7.08. The van der Waals surface area contributed by atoms with E-state index in [1.165, 1.54) is 11.1 Å². The first-order chi connectivity index (χ1) is 9.60. The fraction of sp³-hybridized carbons (Fsp3) is 0.333. The molecule has 0 radical (unpaired) electrons. The molecule has 20 heavy (non-hydrogen) atoms. The maximum atomic E-state index is 6.29. The van der Waals surface area contributed by atoms with Gasteiger partial charge in [0.15, 0.2) is 0 Å². The largest absolute Gasteiger partial charge is 0.497 e. The van der Waals surface area contributed by atoms with Crippen LogP contribution in [0.4, 0.5) is 0 Å². The van der Waals surface area contributed by atoms with E-state index in [2.05, 4.69) is 44.2 Å². The van der Waals surface area contributed by atoms with Crippen LogP contribution in [0.25, 0.3) is 0 Å². The quantitative estimate of drug-likeness (QED) is 0.888. The van der Waals surface area contributed by atoms with Gasteiger partial charge in [0.1, 0.15) is 5.75 Å². The van der Waals surface area contributed by atoms with Crippen LogP contribution in [0.5, 0.6) is 5.75 Å². The molecule has 0 saturated heterocycles. The Morgan fingerprint density at radius 1 is 1.00 bits per heavy atom. The summed E-state index contributed by atoms with van der Waals surface area (Å²) in [5.74, 6) is 1.42. The summed E-state index contributed by atoms with van der Waals surface area (Å²) in [5, 5.41) is 0. The third-order valence-corrected chi connectivity index (χ3v) is 3.62. The molecule has 0 bridgehead atoms. The van der Waals surface area contributed by atoms with Crippen LogP contribution in [-0.4, -0.2) is 7.11 Å². The first kappa shape index (κ1) is 14.6. The first-order valence-corrected chi connectivity index (χ1v) is 7.08. The molecule has 2 heteroatoms. The summed E-state index contributed by atoms with van der Waals surface area (Å²) in [6.45, 7) is 4.41.